The van der Waals surface area contributed by atoms with Crippen molar-refractivity contribution in [2.45, 2.75) is 13.5 Å². The Morgan fingerprint density at radius 1 is 1.18 bits per heavy atom. The SMILES string of the molecule is COc1cccc2c(C(C)=O)cn(Cc3ccc(F)cc3)c12. The highest BCUT2D eigenvalue weighted by Gasteiger charge is 2.15. The molecular formula is C18H16FNO2. The number of ether oxygens (including phenoxy) is 1. The molecule has 22 heavy (non-hydrogen) atoms. The fraction of sp³-hybridized carbons (Fsp3) is 0.167. The average molecular weight is 297 g/mol. The van der Waals surface area contributed by atoms with Gasteiger partial charge in [0, 0.05) is 23.7 Å². The van der Waals surface area contributed by atoms with Crippen LogP contribution in [0.5, 0.6) is 5.75 Å². The van der Waals surface area contributed by atoms with Gasteiger partial charge in [-0.3, -0.25) is 4.79 Å². The van der Waals surface area contributed by atoms with Gasteiger partial charge < -0.3 is 9.30 Å². The highest BCUT2D eigenvalue weighted by Crippen LogP contribution is 2.30. The summed E-state index contributed by atoms with van der Waals surface area (Å²) in [6.07, 6.45) is 1.83. The lowest BCUT2D eigenvalue weighted by Crippen LogP contribution is -1.99. The molecule has 0 aliphatic heterocycles. The predicted molar refractivity (Wildman–Crippen MR) is 84.0 cm³/mol. The summed E-state index contributed by atoms with van der Waals surface area (Å²) in [4.78, 5) is 11.9. The molecule has 1 heterocycles. The van der Waals surface area contributed by atoms with Crippen molar-refractivity contribution in [3.05, 3.63) is 65.6 Å². The summed E-state index contributed by atoms with van der Waals surface area (Å²) < 4.78 is 20.4. The Morgan fingerprint density at radius 3 is 2.55 bits per heavy atom. The van der Waals surface area contributed by atoms with Gasteiger partial charge >= 0.3 is 0 Å². The second-order valence-electron chi connectivity index (χ2n) is 5.21. The van der Waals surface area contributed by atoms with Gasteiger partial charge in [-0.15, -0.1) is 0 Å². The number of nitrogens with zero attached hydrogens (tertiary/aromatic N) is 1. The van der Waals surface area contributed by atoms with Crippen molar-refractivity contribution in [3.8, 4) is 5.75 Å². The molecule has 1 aromatic heterocycles. The van der Waals surface area contributed by atoms with Crippen LogP contribution < -0.4 is 4.74 Å². The Labute approximate surface area is 127 Å². The molecule has 0 fully saturated rings. The zero-order valence-electron chi connectivity index (χ0n) is 12.5. The minimum absolute atomic E-state index is 0.0103. The van der Waals surface area contributed by atoms with Crippen molar-refractivity contribution in [1.29, 1.82) is 0 Å². The summed E-state index contributed by atoms with van der Waals surface area (Å²) in [5.41, 5.74) is 2.50. The van der Waals surface area contributed by atoms with Gasteiger partial charge in [-0.1, -0.05) is 24.3 Å². The van der Waals surface area contributed by atoms with E-state index in [2.05, 4.69) is 0 Å². The van der Waals surface area contributed by atoms with Crippen LogP contribution in [0.4, 0.5) is 4.39 Å². The molecule has 2 aromatic carbocycles. The van der Waals surface area contributed by atoms with Gasteiger partial charge in [0.1, 0.15) is 11.6 Å². The summed E-state index contributed by atoms with van der Waals surface area (Å²) in [7, 11) is 1.61. The van der Waals surface area contributed by atoms with Gasteiger partial charge in [-0.25, -0.2) is 4.39 Å². The lowest BCUT2D eigenvalue weighted by molar-refractivity contribution is 0.101. The van der Waals surface area contributed by atoms with E-state index in [0.717, 1.165) is 16.5 Å². The molecule has 0 aliphatic rings. The molecule has 0 aliphatic carbocycles. The van der Waals surface area contributed by atoms with E-state index in [1.165, 1.54) is 12.1 Å². The number of fused-ring (bicyclic) bond motifs is 1. The highest BCUT2D eigenvalue weighted by atomic mass is 19.1. The van der Waals surface area contributed by atoms with Crippen LogP contribution in [0.3, 0.4) is 0 Å². The first-order valence-electron chi connectivity index (χ1n) is 7.01. The normalized spacial score (nSPS) is 10.9. The molecule has 0 N–H and O–H groups in total. The number of carbonyl (C=O) groups is 1. The molecule has 3 rings (SSSR count). The predicted octanol–water partition coefficient (Wildman–Crippen LogP) is 4.04. The van der Waals surface area contributed by atoms with E-state index in [4.69, 9.17) is 4.74 Å². The van der Waals surface area contributed by atoms with Crippen LogP contribution in [-0.4, -0.2) is 17.5 Å². The number of methoxy groups -OCH3 is 1. The molecule has 0 spiro atoms. The molecule has 0 bridgehead atoms. The number of aromatic nitrogens is 1. The van der Waals surface area contributed by atoms with E-state index in [0.29, 0.717) is 17.9 Å². The Bertz CT molecular complexity index is 834. The molecule has 0 unspecified atom stereocenters. The second-order valence-corrected chi connectivity index (χ2v) is 5.21. The monoisotopic (exact) mass is 297 g/mol. The average Bonchev–Trinajstić information content (AvgIpc) is 2.88. The van der Waals surface area contributed by atoms with Crippen LogP contribution in [0.15, 0.2) is 48.7 Å². The minimum Gasteiger partial charge on any atom is -0.495 e. The largest absolute Gasteiger partial charge is 0.495 e. The maximum absolute atomic E-state index is 13.0. The molecule has 3 aromatic rings. The molecule has 112 valence electrons. The quantitative estimate of drug-likeness (QED) is 0.681. The minimum atomic E-state index is -0.261. The number of benzene rings is 2. The van der Waals surface area contributed by atoms with Crippen molar-refractivity contribution in [2.24, 2.45) is 0 Å². The van der Waals surface area contributed by atoms with Crippen molar-refractivity contribution >= 4 is 16.7 Å². The maximum Gasteiger partial charge on any atom is 0.161 e. The standard InChI is InChI=1S/C18H16FNO2/c1-12(21)16-11-20(10-13-6-8-14(19)9-7-13)18-15(16)4-3-5-17(18)22-2/h3-9,11H,10H2,1-2H3. The number of carbonyl (C=O) groups excluding carboxylic acids is 1. The van der Waals surface area contributed by atoms with Gasteiger partial charge in [0.25, 0.3) is 0 Å². The van der Waals surface area contributed by atoms with Crippen LogP contribution in [0.2, 0.25) is 0 Å². The van der Waals surface area contributed by atoms with Crippen molar-refractivity contribution in [1.82, 2.24) is 4.57 Å². The van der Waals surface area contributed by atoms with Crippen LogP contribution in [0.25, 0.3) is 10.9 Å². The van der Waals surface area contributed by atoms with E-state index in [-0.39, 0.29) is 11.6 Å². The Hall–Kier alpha value is -2.62. The molecule has 0 amide bonds. The first-order valence-corrected chi connectivity index (χ1v) is 7.01. The van der Waals surface area contributed by atoms with E-state index in [1.54, 1.807) is 26.2 Å². The Kier molecular flexibility index (Phi) is 3.67. The fourth-order valence-corrected chi connectivity index (χ4v) is 2.68. The Morgan fingerprint density at radius 2 is 1.91 bits per heavy atom. The number of halogens is 1. The van der Waals surface area contributed by atoms with E-state index in [9.17, 15) is 9.18 Å². The summed E-state index contributed by atoms with van der Waals surface area (Å²) in [6, 6.07) is 12.0. The molecule has 0 radical (unpaired) electrons. The lowest BCUT2D eigenvalue weighted by Gasteiger charge is -2.09. The molecule has 0 saturated carbocycles. The summed E-state index contributed by atoms with van der Waals surface area (Å²) in [5, 5.41) is 0.869. The highest BCUT2D eigenvalue weighted by molar-refractivity contribution is 6.08. The third-order valence-corrected chi connectivity index (χ3v) is 3.73. The van der Waals surface area contributed by atoms with Crippen LogP contribution in [0.1, 0.15) is 22.8 Å². The molecule has 0 atom stereocenters. The van der Waals surface area contributed by atoms with E-state index < -0.39 is 0 Å². The number of rotatable bonds is 4. The molecule has 4 heteroatoms. The van der Waals surface area contributed by atoms with Crippen molar-refractivity contribution < 1.29 is 13.9 Å². The van der Waals surface area contributed by atoms with E-state index in [1.807, 2.05) is 29.0 Å². The second kappa shape index (κ2) is 5.64. The topological polar surface area (TPSA) is 31.2 Å². The summed E-state index contributed by atoms with van der Waals surface area (Å²) in [6.45, 7) is 2.10. The number of hydrogen-bond donors (Lipinski definition) is 0. The first kappa shape index (κ1) is 14.3. The lowest BCUT2D eigenvalue weighted by atomic mass is 10.1. The maximum atomic E-state index is 13.0. The van der Waals surface area contributed by atoms with Crippen molar-refractivity contribution in [3.63, 3.8) is 0 Å². The summed E-state index contributed by atoms with van der Waals surface area (Å²) >= 11 is 0. The van der Waals surface area contributed by atoms with Gasteiger partial charge in [-0.05, 0) is 30.7 Å². The van der Waals surface area contributed by atoms with Crippen molar-refractivity contribution in [2.75, 3.05) is 7.11 Å². The number of hydrogen-bond acceptors (Lipinski definition) is 2. The smallest absolute Gasteiger partial charge is 0.161 e. The summed E-state index contributed by atoms with van der Waals surface area (Å²) in [5.74, 6) is 0.464. The van der Waals surface area contributed by atoms with Gasteiger partial charge in [0.05, 0.1) is 12.6 Å². The first-order chi connectivity index (χ1) is 10.6. The molecular weight excluding hydrogens is 281 g/mol. The number of ketones is 1. The zero-order chi connectivity index (χ0) is 15.7. The van der Waals surface area contributed by atoms with Gasteiger partial charge in [0.15, 0.2) is 5.78 Å². The molecule has 0 saturated heterocycles. The van der Waals surface area contributed by atoms with Crippen LogP contribution >= 0.6 is 0 Å². The molecule has 3 nitrogen and oxygen atoms in total. The van der Waals surface area contributed by atoms with E-state index >= 15 is 0 Å². The Balaban J connectivity index is 2.15. The van der Waals surface area contributed by atoms with Crippen LogP contribution in [0, 0.1) is 5.82 Å². The zero-order valence-corrected chi connectivity index (χ0v) is 12.5. The number of Topliss-reactive ketones (excluding diaryl/α,β-unsaturated/α-hetero) is 1. The van der Waals surface area contributed by atoms with Gasteiger partial charge in [-0.2, -0.15) is 0 Å². The fourth-order valence-electron chi connectivity index (χ4n) is 2.68. The van der Waals surface area contributed by atoms with Crippen LogP contribution in [-0.2, 0) is 6.54 Å². The third kappa shape index (κ3) is 2.48. The number of para-hydroxylation sites is 1. The third-order valence-electron chi connectivity index (χ3n) is 3.73. The van der Waals surface area contributed by atoms with Gasteiger partial charge in [0.2, 0.25) is 0 Å².